The zero-order valence-corrected chi connectivity index (χ0v) is 12.4. The number of nitrogens with two attached hydrogens (primary N) is 1. The number of benzene rings is 2. The van der Waals surface area contributed by atoms with E-state index in [0.717, 1.165) is 12.8 Å². The lowest BCUT2D eigenvalue weighted by Crippen LogP contribution is -2.35. The molecule has 0 saturated carbocycles. The van der Waals surface area contributed by atoms with Crippen LogP contribution in [0.15, 0.2) is 53.4 Å². The van der Waals surface area contributed by atoms with Crippen molar-refractivity contribution in [2.45, 2.75) is 30.3 Å². The molecule has 0 bridgehead atoms. The Hall–Kier alpha value is -1.69. The molecule has 0 heterocycles. The van der Waals surface area contributed by atoms with Crippen molar-refractivity contribution in [3.05, 3.63) is 65.2 Å². The number of rotatable bonds is 4. The molecule has 3 rings (SSSR count). The fourth-order valence-electron chi connectivity index (χ4n) is 2.86. The molecule has 1 aliphatic rings. The number of hydrogen-bond acceptors (Lipinski definition) is 3. The maximum atomic E-state index is 12.6. The van der Waals surface area contributed by atoms with Crippen molar-refractivity contribution < 1.29 is 8.42 Å². The van der Waals surface area contributed by atoms with E-state index < -0.39 is 10.0 Å². The van der Waals surface area contributed by atoms with Gasteiger partial charge in [-0.3, -0.25) is 0 Å². The van der Waals surface area contributed by atoms with E-state index in [1.807, 2.05) is 12.1 Å². The zero-order chi connectivity index (χ0) is 14.9. The fraction of sp³-hybridized carbons (Fsp3) is 0.250. The molecule has 3 N–H and O–H groups in total. The Morgan fingerprint density at radius 1 is 1.00 bits per heavy atom. The minimum absolute atomic E-state index is 0.0850. The Kier molecular flexibility index (Phi) is 3.80. The minimum Gasteiger partial charge on any atom is -0.326 e. The molecular weight excluding hydrogens is 284 g/mol. The quantitative estimate of drug-likeness (QED) is 0.901. The van der Waals surface area contributed by atoms with Gasteiger partial charge in [-0.15, -0.1) is 0 Å². The van der Waals surface area contributed by atoms with Crippen molar-refractivity contribution in [2.24, 2.45) is 5.73 Å². The average molecular weight is 302 g/mol. The van der Waals surface area contributed by atoms with Crippen LogP contribution in [0.2, 0.25) is 0 Å². The first kappa shape index (κ1) is 14.3. The summed E-state index contributed by atoms with van der Waals surface area (Å²) in [5, 5.41) is 0. The molecule has 110 valence electrons. The number of sulfonamides is 1. The van der Waals surface area contributed by atoms with E-state index >= 15 is 0 Å². The molecule has 0 atom stereocenters. The standard InChI is InChI=1S/C16H18N2O2S/c17-11-14-7-3-4-8-16(14)21(19,20)18-15-9-12-5-1-2-6-13(12)10-15/h1-8,15,18H,9-11,17H2. The summed E-state index contributed by atoms with van der Waals surface area (Å²) in [5.74, 6) is 0. The van der Waals surface area contributed by atoms with Gasteiger partial charge in [0, 0.05) is 12.6 Å². The molecule has 0 fully saturated rings. The second kappa shape index (κ2) is 5.60. The number of fused-ring (bicyclic) bond motifs is 1. The Morgan fingerprint density at radius 3 is 2.19 bits per heavy atom. The summed E-state index contributed by atoms with van der Waals surface area (Å²) in [5.41, 5.74) is 8.71. The molecule has 4 nitrogen and oxygen atoms in total. The van der Waals surface area contributed by atoms with Crippen LogP contribution in [0, 0.1) is 0 Å². The summed E-state index contributed by atoms with van der Waals surface area (Å²) in [6.07, 6.45) is 1.47. The minimum atomic E-state index is -3.53. The third kappa shape index (κ3) is 2.85. The smallest absolute Gasteiger partial charge is 0.241 e. The van der Waals surface area contributed by atoms with E-state index in [0.29, 0.717) is 5.56 Å². The van der Waals surface area contributed by atoms with Crippen molar-refractivity contribution >= 4 is 10.0 Å². The highest BCUT2D eigenvalue weighted by Crippen LogP contribution is 2.23. The molecule has 0 amide bonds. The van der Waals surface area contributed by atoms with Gasteiger partial charge >= 0.3 is 0 Å². The maximum Gasteiger partial charge on any atom is 0.241 e. The van der Waals surface area contributed by atoms with E-state index in [1.165, 1.54) is 11.1 Å². The van der Waals surface area contributed by atoms with E-state index in [9.17, 15) is 8.42 Å². The summed E-state index contributed by atoms with van der Waals surface area (Å²) in [7, 11) is -3.53. The van der Waals surface area contributed by atoms with Crippen LogP contribution in [0.5, 0.6) is 0 Å². The van der Waals surface area contributed by atoms with Crippen molar-refractivity contribution in [2.75, 3.05) is 0 Å². The molecule has 0 aromatic heterocycles. The van der Waals surface area contributed by atoms with Crippen LogP contribution in [0.3, 0.4) is 0 Å². The van der Waals surface area contributed by atoms with Gasteiger partial charge in [0.05, 0.1) is 4.90 Å². The van der Waals surface area contributed by atoms with Crippen molar-refractivity contribution in [3.63, 3.8) is 0 Å². The van der Waals surface area contributed by atoms with Gasteiger partial charge in [-0.05, 0) is 35.6 Å². The molecule has 0 unspecified atom stereocenters. The van der Waals surface area contributed by atoms with E-state index in [-0.39, 0.29) is 17.5 Å². The van der Waals surface area contributed by atoms with Crippen molar-refractivity contribution in [3.8, 4) is 0 Å². The van der Waals surface area contributed by atoms with Gasteiger partial charge in [0.25, 0.3) is 0 Å². The topological polar surface area (TPSA) is 72.2 Å². The van der Waals surface area contributed by atoms with E-state index in [4.69, 9.17) is 5.73 Å². The molecule has 0 spiro atoms. The first-order chi connectivity index (χ1) is 10.1. The van der Waals surface area contributed by atoms with Crippen LogP contribution < -0.4 is 10.5 Å². The SMILES string of the molecule is NCc1ccccc1S(=O)(=O)NC1Cc2ccccc2C1. The number of hydrogen-bond donors (Lipinski definition) is 2. The Labute approximate surface area is 125 Å². The third-order valence-electron chi connectivity index (χ3n) is 3.85. The molecule has 0 saturated heterocycles. The largest absolute Gasteiger partial charge is 0.326 e. The molecule has 1 aliphatic carbocycles. The van der Waals surface area contributed by atoms with Gasteiger partial charge in [0.2, 0.25) is 10.0 Å². The lowest BCUT2D eigenvalue weighted by atomic mass is 10.1. The first-order valence-electron chi connectivity index (χ1n) is 6.97. The monoisotopic (exact) mass is 302 g/mol. The van der Waals surface area contributed by atoms with E-state index in [2.05, 4.69) is 16.9 Å². The van der Waals surface area contributed by atoms with Crippen LogP contribution in [-0.4, -0.2) is 14.5 Å². The maximum absolute atomic E-state index is 12.6. The lowest BCUT2D eigenvalue weighted by Gasteiger charge is -2.14. The molecule has 21 heavy (non-hydrogen) atoms. The van der Waals surface area contributed by atoms with Crippen molar-refractivity contribution in [1.82, 2.24) is 4.72 Å². The predicted octanol–water partition coefficient (Wildman–Crippen LogP) is 1.59. The van der Waals surface area contributed by atoms with Crippen LogP contribution in [-0.2, 0) is 29.4 Å². The Morgan fingerprint density at radius 2 is 1.57 bits per heavy atom. The van der Waals surface area contributed by atoms with Crippen LogP contribution in [0.25, 0.3) is 0 Å². The van der Waals surface area contributed by atoms with Gasteiger partial charge in [-0.1, -0.05) is 42.5 Å². The summed E-state index contributed by atoms with van der Waals surface area (Å²) >= 11 is 0. The van der Waals surface area contributed by atoms with Crippen LogP contribution >= 0.6 is 0 Å². The highest BCUT2D eigenvalue weighted by molar-refractivity contribution is 7.89. The highest BCUT2D eigenvalue weighted by atomic mass is 32.2. The third-order valence-corrected chi connectivity index (χ3v) is 5.48. The normalized spacial score (nSPS) is 15.1. The first-order valence-corrected chi connectivity index (χ1v) is 8.45. The van der Waals surface area contributed by atoms with E-state index in [1.54, 1.807) is 24.3 Å². The van der Waals surface area contributed by atoms with Crippen molar-refractivity contribution in [1.29, 1.82) is 0 Å². The van der Waals surface area contributed by atoms with Crippen LogP contribution in [0.1, 0.15) is 16.7 Å². The average Bonchev–Trinajstić information content (AvgIpc) is 2.88. The molecular formula is C16H18N2O2S. The van der Waals surface area contributed by atoms with Gasteiger partial charge in [0.15, 0.2) is 0 Å². The predicted molar refractivity (Wildman–Crippen MR) is 82.3 cm³/mol. The summed E-state index contributed by atoms with van der Waals surface area (Å²) < 4.78 is 27.9. The second-order valence-corrected chi connectivity index (χ2v) is 6.99. The highest BCUT2D eigenvalue weighted by Gasteiger charge is 2.27. The summed E-state index contributed by atoms with van der Waals surface area (Å²) in [6, 6.07) is 14.9. The number of nitrogens with one attached hydrogen (secondary N) is 1. The lowest BCUT2D eigenvalue weighted by molar-refractivity contribution is 0.554. The van der Waals surface area contributed by atoms with Crippen LogP contribution in [0.4, 0.5) is 0 Å². The fourth-order valence-corrected chi connectivity index (χ4v) is 4.35. The van der Waals surface area contributed by atoms with Gasteiger partial charge in [0.1, 0.15) is 0 Å². The molecule has 0 aliphatic heterocycles. The summed E-state index contributed by atoms with van der Waals surface area (Å²) in [6.45, 7) is 0.210. The molecule has 0 radical (unpaired) electrons. The molecule has 5 heteroatoms. The van der Waals surface area contributed by atoms with Gasteiger partial charge < -0.3 is 5.73 Å². The van der Waals surface area contributed by atoms with Gasteiger partial charge in [-0.25, -0.2) is 13.1 Å². The second-order valence-electron chi connectivity index (χ2n) is 5.31. The van der Waals surface area contributed by atoms with Gasteiger partial charge in [-0.2, -0.15) is 0 Å². The Bertz CT molecular complexity index is 731. The molecule has 2 aromatic rings. The molecule has 2 aromatic carbocycles. The summed E-state index contributed by atoms with van der Waals surface area (Å²) in [4.78, 5) is 0.281. The Balaban J connectivity index is 1.82. The zero-order valence-electron chi connectivity index (χ0n) is 11.6.